The lowest BCUT2D eigenvalue weighted by molar-refractivity contribution is 1.02. The number of nitrogens with two attached hydrogens (primary N) is 1. The van der Waals surface area contributed by atoms with Crippen molar-refractivity contribution in [1.29, 1.82) is 0 Å². The molecule has 70 valence electrons. The Kier molecular flexibility index (Phi) is 4.12. The maximum Gasteiger partial charge on any atom is 0.0410 e. The van der Waals surface area contributed by atoms with Crippen LogP contribution < -0.4 is 5.73 Å². The van der Waals surface area contributed by atoms with Gasteiger partial charge in [-0.1, -0.05) is 18.6 Å². The summed E-state index contributed by atoms with van der Waals surface area (Å²) in [6, 6.07) is 2.03. The Balaban J connectivity index is 2.89. The highest BCUT2D eigenvalue weighted by Crippen LogP contribution is 2.13. The third-order valence-corrected chi connectivity index (χ3v) is 2.25. The molecule has 2 nitrogen and oxygen atoms in total. The van der Waals surface area contributed by atoms with Gasteiger partial charge in [-0.25, -0.2) is 0 Å². The average molecular weight is 241 g/mol. The first kappa shape index (κ1) is 10.4. The van der Waals surface area contributed by atoms with Crippen LogP contribution in [0, 0.1) is 0 Å². The van der Waals surface area contributed by atoms with Crippen LogP contribution in [0.25, 0.3) is 6.08 Å². The van der Waals surface area contributed by atoms with Crippen molar-refractivity contribution >= 4 is 22.0 Å². The van der Waals surface area contributed by atoms with Gasteiger partial charge in [-0.05, 0) is 34.0 Å². The summed E-state index contributed by atoms with van der Waals surface area (Å²) in [7, 11) is 0. The molecule has 2 N–H and O–H groups in total. The van der Waals surface area contributed by atoms with E-state index in [1.807, 2.05) is 12.3 Å². The van der Waals surface area contributed by atoms with Gasteiger partial charge in [0.15, 0.2) is 0 Å². The smallest absolute Gasteiger partial charge is 0.0410 e. The van der Waals surface area contributed by atoms with Crippen LogP contribution in [0.5, 0.6) is 0 Å². The lowest BCUT2D eigenvalue weighted by Crippen LogP contribution is -2.01. The summed E-state index contributed by atoms with van der Waals surface area (Å²) in [5.74, 6) is 0. The monoisotopic (exact) mass is 240 g/mol. The molecule has 0 amide bonds. The molecule has 0 spiro atoms. The molecule has 0 aliphatic carbocycles. The molecule has 0 saturated heterocycles. The van der Waals surface area contributed by atoms with Crippen molar-refractivity contribution < 1.29 is 0 Å². The topological polar surface area (TPSA) is 38.9 Å². The quantitative estimate of drug-likeness (QED) is 0.883. The van der Waals surface area contributed by atoms with Crippen LogP contribution in [0.3, 0.4) is 0 Å². The molecule has 0 bridgehead atoms. The van der Waals surface area contributed by atoms with E-state index in [4.69, 9.17) is 5.73 Å². The number of rotatable bonds is 3. The third-order valence-electron chi connectivity index (χ3n) is 1.81. The van der Waals surface area contributed by atoms with E-state index in [1.165, 1.54) is 5.57 Å². The minimum Gasteiger partial charge on any atom is -0.327 e. The Morgan fingerprint density at radius 2 is 2.38 bits per heavy atom. The molecule has 0 aliphatic heterocycles. The molecule has 0 aliphatic rings. The van der Waals surface area contributed by atoms with Crippen molar-refractivity contribution in [2.45, 2.75) is 13.3 Å². The van der Waals surface area contributed by atoms with Crippen molar-refractivity contribution in [3.63, 3.8) is 0 Å². The van der Waals surface area contributed by atoms with Gasteiger partial charge in [0.2, 0.25) is 0 Å². The number of halogens is 1. The number of pyridine rings is 1. The maximum atomic E-state index is 5.57. The number of aromatic nitrogens is 1. The highest BCUT2D eigenvalue weighted by molar-refractivity contribution is 9.10. The van der Waals surface area contributed by atoms with E-state index in [1.54, 1.807) is 6.20 Å². The second-order valence-corrected chi connectivity index (χ2v) is 3.71. The van der Waals surface area contributed by atoms with Crippen molar-refractivity contribution in [2.24, 2.45) is 5.73 Å². The van der Waals surface area contributed by atoms with E-state index in [-0.39, 0.29) is 0 Å². The normalized spacial score (nSPS) is 11.8. The Morgan fingerprint density at radius 1 is 1.62 bits per heavy atom. The van der Waals surface area contributed by atoms with Gasteiger partial charge < -0.3 is 5.73 Å². The van der Waals surface area contributed by atoms with Crippen molar-refractivity contribution in [2.75, 3.05) is 6.54 Å². The van der Waals surface area contributed by atoms with E-state index in [2.05, 4.69) is 33.9 Å². The van der Waals surface area contributed by atoms with Crippen LogP contribution in [-0.2, 0) is 0 Å². The van der Waals surface area contributed by atoms with E-state index in [0.29, 0.717) is 6.54 Å². The van der Waals surface area contributed by atoms with Crippen molar-refractivity contribution in [3.8, 4) is 0 Å². The minimum atomic E-state index is 0.614. The van der Waals surface area contributed by atoms with Crippen LogP contribution in [0.4, 0.5) is 0 Å². The standard InChI is InChI=1S/C10H13BrN2/c1-2-8(5-12)3-9-4-10(11)7-13-6-9/h3-4,6-7H,2,5,12H2,1H3/b8-3-. The van der Waals surface area contributed by atoms with Crippen LogP contribution in [0.2, 0.25) is 0 Å². The highest BCUT2D eigenvalue weighted by Gasteiger charge is 1.93. The Morgan fingerprint density at radius 3 is 2.92 bits per heavy atom. The van der Waals surface area contributed by atoms with Gasteiger partial charge in [0.1, 0.15) is 0 Å². The van der Waals surface area contributed by atoms with Gasteiger partial charge in [0.25, 0.3) is 0 Å². The molecule has 0 saturated carbocycles. The number of nitrogens with zero attached hydrogens (tertiary/aromatic N) is 1. The fraction of sp³-hybridized carbons (Fsp3) is 0.300. The maximum absolute atomic E-state index is 5.57. The van der Waals surface area contributed by atoms with Crippen molar-refractivity contribution in [1.82, 2.24) is 4.98 Å². The Hall–Kier alpha value is -0.670. The Labute approximate surface area is 87.0 Å². The number of hydrogen-bond donors (Lipinski definition) is 1. The second kappa shape index (κ2) is 5.14. The average Bonchev–Trinajstić information content (AvgIpc) is 2.14. The highest BCUT2D eigenvalue weighted by atomic mass is 79.9. The fourth-order valence-corrected chi connectivity index (χ4v) is 1.43. The fourth-order valence-electron chi connectivity index (χ4n) is 1.05. The van der Waals surface area contributed by atoms with E-state index < -0.39 is 0 Å². The molecule has 0 unspecified atom stereocenters. The zero-order chi connectivity index (χ0) is 9.68. The van der Waals surface area contributed by atoms with Crippen LogP contribution in [-0.4, -0.2) is 11.5 Å². The number of hydrogen-bond acceptors (Lipinski definition) is 2. The largest absolute Gasteiger partial charge is 0.327 e. The zero-order valence-corrected chi connectivity index (χ0v) is 9.21. The van der Waals surface area contributed by atoms with Gasteiger partial charge >= 0.3 is 0 Å². The molecule has 1 rings (SSSR count). The predicted octanol–water partition coefficient (Wildman–Crippen LogP) is 2.60. The summed E-state index contributed by atoms with van der Waals surface area (Å²) in [6.45, 7) is 2.72. The molecule has 1 aromatic heterocycles. The molecule has 0 radical (unpaired) electrons. The summed E-state index contributed by atoms with van der Waals surface area (Å²) in [5, 5.41) is 0. The van der Waals surface area contributed by atoms with E-state index >= 15 is 0 Å². The summed E-state index contributed by atoms with van der Waals surface area (Å²) < 4.78 is 0.994. The lowest BCUT2D eigenvalue weighted by atomic mass is 10.1. The Bertz CT molecular complexity index is 302. The van der Waals surface area contributed by atoms with Gasteiger partial charge in [-0.3, -0.25) is 4.98 Å². The molecule has 0 fully saturated rings. The molecular weight excluding hydrogens is 228 g/mol. The van der Waals surface area contributed by atoms with E-state index in [0.717, 1.165) is 16.5 Å². The summed E-state index contributed by atoms with van der Waals surface area (Å²) >= 11 is 3.37. The van der Waals surface area contributed by atoms with Gasteiger partial charge in [0, 0.05) is 23.4 Å². The van der Waals surface area contributed by atoms with Crippen LogP contribution in [0.1, 0.15) is 18.9 Å². The first-order valence-corrected chi connectivity index (χ1v) is 5.05. The first-order valence-electron chi connectivity index (χ1n) is 4.26. The third kappa shape index (κ3) is 3.28. The summed E-state index contributed by atoms with van der Waals surface area (Å²) in [6.07, 6.45) is 6.67. The summed E-state index contributed by atoms with van der Waals surface area (Å²) in [5.41, 5.74) is 7.90. The SMILES string of the molecule is CC/C(=C/c1cncc(Br)c1)CN. The predicted molar refractivity (Wildman–Crippen MR) is 59.3 cm³/mol. The molecule has 0 atom stereocenters. The lowest BCUT2D eigenvalue weighted by Gasteiger charge is -2.00. The zero-order valence-electron chi connectivity index (χ0n) is 7.63. The second-order valence-electron chi connectivity index (χ2n) is 2.80. The summed E-state index contributed by atoms with van der Waals surface area (Å²) in [4.78, 5) is 4.07. The van der Waals surface area contributed by atoms with Gasteiger partial charge in [-0.2, -0.15) is 0 Å². The minimum absolute atomic E-state index is 0.614. The molecule has 13 heavy (non-hydrogen) atoms. The molecule has 1 heterocycles. The van der Waals surface area contributed by atoms with Crippen LogP contribution >= 0.6 is 15.9 Å². The molecule has 0 aromatic carbocycles. The molecular formula is C10H13BrN2. The molecule has 1 aromatic rings. The molecule has 3 heteroatoms. The van der Waals surface area contributed by atoms with Gasteiger partial charge in [-0.15, -0.1) is 0 Å². The van der Waals surface area contributed by atoms with E-state index in [9.17, 15) is 0 Å². The van der Waals surface area contributed by atoms with Crippen molar-refractivity contribution in [3.05, 3.63) is 34.1 Å². The first-order chi connectivity index (χ1) is 6.26. The van der Waals surface area contributed by atoms with Gasteiger partial charge in [0.05, 0.1) is 0 Å². The van der Waals surface area contributed by atoms with Crippen LogP contribution in [0.15, 0.2) is 28.5 Å².